The average Bonchev–Trinajstić information content (AvgIpc) is 4.09. The number of oxime groups is 1. The fraction of sp³-hybridized carbons (Fsp3) is 0.500. The van der Waals surface area contributed by atoms with Gasteiger partial charge in [-0.25, -0.2) is 0 Å². The number of amides is 1. The second kappa shape index (κ2) is 18.9. The molecule has 3 aromatic rings. The van der Waals surface area contributed by atoms with Crippen molar-refractivity contribution >= 4 is 17.3 Å². The number of unbranched alkanes of at least 4 members (excludes halogenated alkanes) is 2. The van der Waals surface area contributed by atoms with Gasteiger partial charge in [-0.3, -0.25) is 19.9 Å². The van der Waals surface area contributed by atoms with Gasteiger partial charge in [-0.1, -0.05) is 36.2 Å². The number of hydrogen-bond donors (Lipinski definition) is 2. The molecule has 13 heteroatoms. The molecule has 59 heavy (non-hydrogen) atoms. The maximum absolute atomic E-state index is 14.1. The third-order valence-corrected chi connectivity index (χ3v) is 12.3. The molecule has 13 nitrogen and oxygen atoms in total. The normalized spacial score (nSPS) is 24.9. The molecule has 0 saturated heterocycles. The molecule has 1 aromatic heterocycles. The van der Waals surface area contributed by atoms with Crippen LogP contribution in [-0.4, -0.2) is 75.3 Å². The van der Waals surface area contributed by atoms with E-state index < -0.39 is 22.7 Å². The van der Waals surface area contributed by atoms with E-state index in [1.54, 1.807) is 23.1 Å². The minimum atomic E-state index is -1.33. The number of rotatable bonds is 20. The lowest BCUT2D eigenvalue weighted by Crippen LogP contribution is -2.69. The molecule has 2 N–H and O–H groups in total. The second-order valence-corrected chi connectivity index (χ2v) is 16.3. The lowest BCUT2D eigenvalue weighted by atomic mass is 9.55. The SMILES string of the molecule is C=CCOC12Oc3ccc(OCc4cccc(C)n4)cc3C3C(CCCCO)C(CCCCO)C=C(C(=NOCc4ccc([N+](=O)[O-])cc4)CC1N(C)C(=O)C1CC1)C32. The van der Waals surface area contributed by atoms with Gasteiger partial charge in [0.15, 0.2) is 0 Å². The predicted molar refractivity (Wildman–Crippen MR) is 222 cm³/mol. The van der Waals surface area contributed by atoms with Crippen molar-refractivity contribution in [2.75, 3.05) is 26.9 Å². The number of aliphatic hydroxyl groups excluding tert-OH is 2. The molecular weight excluding hydrogens is 753 g/mol. The minimum absolute atomic E-state index is 0.00781. The Kier molecular flexibility index (Phi) is 13.4. The zero-order valence-electron chi connectivity index (χ0n) is 34.0. The highest BCUT2D eigenvalue weighted by atomic mass is 16.7. The number of ether oxygens (including phenoxy) is 3. The van der Waals surface area contributed by atoms with E-state index in [-0.39, 0.29) is 68.3 Å². The van der Waals surface area contributed by atoms with Gasteiger partial charge >= 0.3 is 0 Å². The summed E-state index contributed by atoms with van der Waals surface area (Å²) in [5.74, 6) is -0.502. The van der Waals surface area contributed by atoms with E-state index in [0.29, 0.717) is 36.5 Å². The Morgan fingerprint density at radius 1 is 1.07 bits per heavy atom. The molecule has 0 bridgehead atoms. The Labute approximate surface area is 345 Å². The van der Waals surface area contributed by atoms with Crippen LogP contribution in [-0.2, 0) is 27.6 Å². The fourth-order valence-corrected chi connectivity index (χ4v) is 9.33. The van der Waals surface area contributed by atoms with Gasteiger partial charge in [0.2, 0.25) is 11.7 Å². The molecule has 6 atom stereocenters. The number of fused-ring (bicyclic) bond motifs is 2. The first-order valence-corrected chi connectivity index (χ1v) is 20.9. The average molecular weight is 809 g/mol. The molecule has 2 heterocycles. The molecule has 6 unspecified atom stereocenters. The highest BCUT2D eigenvalue weighted by molar-refractivity contribution is 6.03. The zero-order valence-corrected chi connectivity index (χ0v) is 34.0. The summed E-state index contributed by atoms with van der Waals surface area (Å²) >= 11 is 0. The molecule has 1 amide bonds. The molecule has 314 valence electrons. The topological polar surface area (TPSA) is 166 Å². The minimum Gasteiger partial charge on any atom is -0.487 e. The van der Waals surface area contributed by atoms with Crippen LogP contribution in [0.3, 0.4) is 0 Å². The molecule has 7 rings (SSSR count). The first-order valence-electron chi connectivity index (χ1n) is 20.9. The summed E-state index contributed by atoms with van der Waals surface area (Å²) < 4.78 is 20.6. The Morgan fingerprint density at radius 3 is 2.53 bits per heavy atom. The molecule has 2 aromatic carbocycles. The number of non-ortho nitro benzene ring substituents is 1. The standard InChI is InChI=1S/C46H56N4O9/c1-4-24-57-46-42(49(3)45(53)32-16-17-32)27-40(48-58-28-31-14-18-35(19-15-31)50(54)55)38-25-33(11-5-7-22-51)37(13-6-8-23-52)43(44(38)46)39-26-36(20-21-41(39)59-46)56-29-34-12-9-10-30(2)47-34/h4,9-10,12,14-15,18-21,25-26,32-33,37,42-44,51-52H,1,5-8,11,13,16-17,22-24,27-29H2,2-3H3. The van der Waals surface area contributed by atoms with Gasteiger partial charge in [0.25, 0.3) is 5.69 Å². The Bertz CT molecular complexity index is 2030. The van der Waals surface area contributed by atoms with E-state index in [9.17, 15) is 25.1 Å². The molecule has 0 radical (unpaired) electrons. The zero-order chi connectivity index (χ0) is 41.5. The van der Waals surface area contributed by atoms with Gasteiger partial charge < -0.3 is 34.2 Å². The Morgan fingerprint density at radius 2 is 1.83 bits per heavy atom. The van der Waals surface area contributed by atoms with E-state index in [0.717, 1.165) is 66.6 Å². The highest BCUT2D eigenvalue weighted by Crippen LogP contribution is 2.62. The van der Waals surface area contributed by atoms with Crippen LogP contribution in [0, 0.1) is 40.7 Å². The molecule has 1 aliphatic heterocycles. The fourth-order valence-electron chi connectivity index (χ4n) is 9.33. The maximum atomic E-state index is 14.1. The van der Waals surface area contributed by atoms with Gasteiger partial charge in [0, 0.05) is 61.9 Å². The van der Waals surface area contributed by atoms with Crippen molar-refractivity contribution in [3.8, 4) is 11.5 Å². The number of likely N-dealkylation sites (N-methyl/N-ethyl adjacent to an activating group) is 1. The number of aryl methyl sites for hydroxylation is 1. The van der Waals surface area contributed by atoms with Crippen molar-refractivity contribution < 1.29 is 39.0 Å². The number of carbonyl (C=O) groups is 1. The quantitative estimate of drug-likeness (QED) is 0.0503. The maximum Gasteiger partial charge on any atom is 0.269 e. The summed E-state index contributed by atoms with van der Waals surface area (Å²) in [5.41, 5.74) is 5.03. The molecule has 4 aliphatic rings. The number of allylic oxidation sites excluding steroid dienone is 1. The summed E-state index contributed by atoms with van der Waals surface area (Å²) in [7, 11) is 1.83. The number of nitro groups is 1. The number of nitro benzene ring substituents is 1. The van der Waals surface area contributed by atoms with Crippen molar-refractivity contribution in [3.63, 3.8) is 0 Å². The van der Waals surface area contributed by atoms with E-state index in [2.05, 4.69) is 23.7 Å². The Balaban J connectivity index is 1.36. The number of hydrogen-bond acceptors (Lipinski definition) is 11. The molecular formula is C46H56N4O9. The number of aliphatic hydroxyl groups is 2. The van der Waals surface area contributed by atoms with Crippen LogP contribution in [0.1, 0.15) is 86.2 Å². The summed E-state index contributed by atoms with van der Waals surface area (Å²) in [6.07, 6.45) is 10.6. The number of aromatic nitrogens is 1. The predicted octanol–water partition coefficient (Wildman–Crippen LogP) is 7.58. The number of pyridine rings is 1. The van der Waals surface area contributed by atoms with Gasteiger partial charge in [0.05, 0.1) is 28.9 Å². The van der Waals surface area contributed by atoms with Crippen molar-refractivity contribution in [1.82, 2.24) is 9.88 Å². The highest BCUT2D eigenvalue weighted by Gasteiger charge is 2.65. The van der Waals surface area contributed by atoms with E-state index >= 15 is 0 Å². The van der Waals surface area contributed by atoms with Crippen LogP contribution < -0.4 is 9.47 Å². The van der Waals surface area contributed by atoms with Crippen LogP contribution in [0.4, 0.5) is 5.69 Å². The molecule has 2 saturated carbocycles. The third-order valence-electron chi connectivity index (χ3n) is 12.3. The van der Waals surface area contributed by atoms with Crippen LogP contribution in [0.5, 0.6) is 11.5 Å². The second-order valence-electron chi connectivity index (χ2n) is 16.3. The first-order chi connectivity index (χ1) is 28.7. The van der Waals surface area contributed by atoms with E-state index in [4.69, 9.17) is 24.2 Å². The molecule has 2 fully saturated rings. The Hall–Kier alpha value is -5.11. The third kappa shape index (κ3) is 9.22. The van der Waals surface area contributed by atoms with E-state index in [1.165, 1.54) is 12.1 Å². The summed E-state index contributed by atoms with van der Waals surface area (Å²) in [5, 5.41) is 35.9. The van der Waals surface area contributed by atoms with Crippen LogP contribution in [0.2, 0.25) is 0 Å². The van der Waals surface area contributed by atoms with Gasteiger partial charge in [-0.05, 0) is 111 Å². The molecule has 3 aliphatic carbocycles. The van der Waals surface area contributed by atoms with Crippen molar-refractivity contribution in [2.24, 2.45) is 28.8 Å². The number of nitrogens with zero attached hydrogens (tertiary/aromatic N) is 4. The lowest BCUT2D eigenvalue weighted by Gasteiger charge is -2.59. The molecule has 0 spiro atoms. The van der Waals surface area contributed by atoms with E-state index in [1.807, 2.05) is 44.3 Å². The smallest absolute Gasteiger partial charge is 0.269 e. The number of carbonyl (C=O) groups excluding carboxylic acids is 1. The summed E-state index contributed by atoms with van der Waals surface area (Å²) in [6.45, 7) is 6.69. The summed E-state index contributed by atoms with van der Waals surface area (Å²) in [4.78, 5) is 37.4. The van der Waals surface area contributed by atoms with Crippen molar-refractivity contribution in [2.45, 2.75) is 95.7 Å². The van der Waals surface area contributed by atoms with Gasteiger partial charge in [-0.15, -0.1) is 6.58 Å². The van der Waals surface area contributed by atoms with Crippen molar-refractivity contribution in [1.29, 1.82) is 0 Å². The summed E-state index contributed by atoms with van der Waals surface area (Å²) in [6, 6.07) is 17.4. The van der Waals surface area contributed by atoms with Gasteiger partial charge in [-0.2, -0.15) is 0 Å². The van der Waals surface area contributed by atoms with Crippen LogP contribution in [0.15, 0.2) is 90.1 Å². The first kappa shape index (κ1) is 42.0. The largest absolute Gasteiger partial charge is 0.487 e. The van der Waals surface area contributed by atoms with Gasteiger partial charge in [0.1, 0.15) is 30.8 Å². The lowest BCUT2D eigenvalue weighted by molar-refractivity contribution is -0.384. The number of benzene rings is 2. The monoisotopic (exact) mass is 808 g/mol. The van der Waals surface area contributed by atoms with Crippen LogP contribution in [0.25, 0.3) is 0 Å². The van der Waals surface area contributed by atoms with Crippen LogP contribution >= 0.6 is 0 Å². The van der Waals surface area contributed by atoms with Crippen molar-refractivity contribution in [3.05, 3.63) is 118 Å².